The number of nitrogens with two attached hydrogens (primary N) is 1. The number of aliphatic imine (C=N–C) groups is 1. The van der Waals surface area contributed by atoms with Gasteiger partial charge in [-0.1, -0.05) is 0 Å². The van der Waals surface area contributed by atoms with Crippen LogP contribution in [0.2, 0.25) is 0 Å². The summed E-state index contributed by atoms with van der Waals surface area (Å²) in [5, 5.41) is 0. The highest BCUT2D eigenvalue weighted by Gasteiger charge is 2.32. The number of alkyl halides is 3. The lowest BCUT2D eigenvalue weighted by molar-refractivity contribution is -0.141. The largest absolute Gasteiger partial charge is 0.433 e. The number of hydrogen-bond donors (Lipinski definition) is 1. The van der Waals surface area contributed by atoms with Crippen LogP contribution in [0, 0.1) is 0 Å². The van der Waals surface area contributed by atoms with Gasteiger partial charge in [-0.3, -0.25) is 0 Å². The van der Waals surface area contributed by atoms with Crippen molar-refractivity contribution in [3.63, 3.8) is 0 Å². The Morgan fingerprint density at radius 2 is 2.00 bits per heavy atom. The summed E-state index contributed by atoms with van der Waals surface area (Å²) in [6, 6.07) is 0.820. The Bertz CT molecular complexity index is 440. The van der Waals surface area contributed by atoms with E-state index in [4.69, 9.17) is 5.73 Å². The quantitative estimate of drug-likeness (QED) is 0.670. The molecule has 0 bridgehead atoms. The Hall–Kier alpha value is -1.86. The van der Waals surface area contributed by atoms with Gasteiger partial charge < -0.3 is 10.6 Å². The van der Waals surface area contributed by atoms with E-state index in [1.807, 2.05) is 13.8 Å². The van der Waals surface area contributed by atoms with Gasteiger partial charge in [0.25, 0.3) is 0 Å². The fraction of sp³-hybridized carbons (Fsp3) is 0.545. The molecule has 0 spiro atoms. The molecule has 0 aliphatic heterocycles. The van der Waals surface area contributed by atoms with Crippen molar-refractivity contribution in [1.29, 1.82) is 0 Å². The molecule has 0 radical (unpaired) electrons. The van der Waals surface area contributed by atoms with Gasteiger partial charge in [0, 0.05) is 19.3 Å². The summed E-state index contributed by atoms with van der Waals surface area (Å²) in [5.41, 5.74) is 4.73. The summed E-state index contributed by atoms with van der Waals surface area (Å²) in [4.78, 5) is 12.9. The first-order chi connectivity index (χ1) is 8.88. The SMILES string of the molecule is CCN(CC)C(N)=NCc1nccc(C(F)(F)F)n1. The van der Waals surface area contributed by atoms with Crippen LogP contribution in [-0.2, 0) is 12.7 Å². The molecule has 0 aromatic carbocycles. The van der Waals surface area contributed by atoms with E-state index in [1.54, 1.807) is 4.90 Å². The highest BCUT2D eigenvalue weighted by Crippen LogP contribution is 2.26. The van der Waals surface area contributed by atoms with E-state index in [-0.39, 0.29) is 18.3 Å². The van der Waals surface area contributed by atoms with Crippen LogP contribution in [0.25, 0.3) is 0 Å². The van der Waals surface area contributed by atoms with Gasteiger partial charge in [-0.25, -0.2) is 15.0 Å². The Balaban J connectivity index is 2.81. The van der Waals surface area contributed by atoms with Crippen molar-refractivity contribution in [3.8, 4) is 0 Å². The van der Waals surface area contributed by atoms with Crippen molar-refractivity contribution in [3.05, 3.63) is 23.8 Å². The minimum Gasteiger partial charge on any atom is -0.370 e. The molecule has 0 atom stereocenters. The van der Waals surface area contributed by atoms with Crippen LogP contribution >= 0.6 is 0 Å². The molecule has 0 aliphatic rings. The molecule has 1 heterocycles. The minimum absolute atomic E-state index is 0.00932. The third-order valence-corrected chi connectivity index (χ3v) is 2.47. The third kappa shape index (κ3) is 4.38. The lowest BCUT2D eigenvalue weighted by atomic mass is 10.4. The van der Waals surface area contributed by atoms with Gasteiger partial charge in [0.05, 0.1) is 0 Å². The Morgan fingerprint density at radius 3 is 2.53 bits per heavy atom. The maximum Gasteiger partial charge on any atom is 0.433 e. The highest BCUT2D eigenvalue weighted by atomic mass is 19.4. The number of rotatable bonds is 4. The predicted octanol–water partition coefficient (Wildman–Crippen LogP) is 1.65. The van der Waals surface area contributed by atoms with E-state index in [0.717, 1.165) is 12.3 Å². The van der Waals surface area contributed by atoms with Crippen molar-refractivity contribution in [2.24, 2.45) is 10.7 Å². The molecule has 0 fully saturated rings. The molecular weight excluding hydrogens is 259 g/mol. The second-order valence-corrected chi connectivity index (χ2v) is 3.70. The molecule has 2 N–H and O–H groups in total. The second-order valence-electron chi connectivity index (χ2n) is 3.70. The number of hydrogen-bond acceptors (Lipinski definition) is 3. The molecule has 1 rings (SSSR count). The van der Waals surface area contributed by atoms with E-state index in [0.29, 0.717) is 13.1 Å². The van der Waals surface area contributed by atoms with Crippen molar-refractivity contribution in [2.75, 3.05) is 13.1 Å². The summed E-state index contributed by atoms with van der Waals surface area (Å²) in [5.74, 6) is 0.260. The molecule has 106 valence electrons. The monoisotopic (exact) mass is 275 g/mol. The standard InChI is InChI=1S/C11H16F3N5/c1-3-19(4-2)10(15)17-7-9-16-6-5-8(18-9)11(12,13)14/h5-6H,3-4,7H2,1-2H3,(H2,15,17). The molecule has 8 heteroatoms. The van der Waals surface area contributed by atoms with Crippen LogP contribution in [0.15, 0.2) is 17.3 Å². The molecule has 0 aliphatic carbocycles. The van der Waals surface area contributed by atoms with E-state index in [2.05, 4.69) is 15.0 Å². The third-order valence-electron chi connectivity index (χ3n) is 2.47. The summed E-state index contributed by atoms with van der Waals surface area (Å²) >= 11 is 0. The first-order valence-corrected chi connectivity index (χ1v) is 5.82. The van der Waals surface area contributed by atoms with Gasteiger partial charge in [0.2, 0.25) is 0 Å². The maximum absolute atomic E-state index is 12.4. The highest BCUT2D eigenvalue weighted by molar-refractivity contribution is 5.77. The first-order valence-electron chi connectivity index (χ1n) is 5.82. The number of aromatic nitrogens is 2. The number of nitrogens with zero attached hydrogens (tertiary/aromatic N) is 4. The summed E-state index contributed by atoms with van der Waals surface area (Å²) in [6.45, 7) is 5.09. The normalized spacial score (nSPS) is 12.6. The van der Waals surface area contributed by atoms with Crippen LogP contribution in [0.1, 0.15) is 25.4 Å². The molecule has 0 unspecified atom stereocenters. The first kappa shape index (κ1) is 15.2. The molecule has 0 amide bonds. The molecule has 0 saturated heterocycles. The summed E-state index contributed by atoms with van der Waals surface area (Å²) < 4.78 is 37.3. The average molecular weight is 275 g/mol. The Morgan fingerprint density at radius 1 is 1.37 bits per heavy atom. The fourth-order valence-electron chi connectivity index (χ4n) is 1.43. The van der Waals surface area contributed by atoms with Crippen molar-refractivity contribution in [1.82, 2.24) is 14.9 Å². The number of guanidine groups is 1. The Kier molecular flexibility index (Phi) is 5.08. The lowest BCUT2D eigenvalue weighted by Crippen LogP contribution is -2.37. The van der Waals surface area contributed by atoms with Crippen LogP contribution in [-0.4, -0.2) is 33.9 Å². The zero-order valence-corrected chi connectivity index (χ0v) is 10.8. The molecular formula is C11H16F3N5. The zero-order valence-electron chi connectivity index (χ0n) is 10.8. The van der Waals surface area contributed by atoms with Gasteiger partial charge in [-0.05, 0) is 19.9 Å². The summed E-state index contributed by atoms with van der Waals surface area (Å²) in [6.07, 6.45) is -3.42. The van der Waals surface area contributed by atoms with Crippen molar-refractivity contribution in [2.45, 2.75) is 26.6 Å². The smallest absolute Gasteiger partial charge is 0.370 e. The summed E-state index contributed by atoms with van der Waals surface area (Å²) in [7, 11) is 0. The molecule has 1 aromatic heterocycles. The Labute approximate surface area is 109 Å². The topological polar surface area (TPSA) is 67.4 Å². The van der Waals surface area contributed by atoms with Crippen LogP contribution < -0.4 is 5.73 Å². The zero-order chi connectivity index (χ0) is 14.5. The van der Waals surface area contributed by atoms with Gasteiger partial charge in [0.1, 0.15) is 18.1 Å². The van der Waals surface area contributed by atoms with E-state index < -0.39 is 11.9 Å². The molecule has 0 saturated carbocycles. The lowest BCUT2D eigenvalue weighted by Gasteiger charge is -2.19. The van der Waals surface area contributed by atoms with E-state index in [1.165, 1.54) is 0 Å². The minimum atomic E-state index is -4.48. The van der Waals surface area contributed by atoms with Gasteiger partial charge in [0.15, 0.2) is 5.96 Å². The van der Waals surface area contributed by atoms with Crippen molar-refractivity contribution >= 4 is 5.96 Å². The molecule has 19 heavy (non-hydrogen) atoms. The van der Waals surface area contributed by atoms with Gasteiger partial charge in [-0.15, -0.1) is 0 Å². The van der Waals surface area contributed by atoms with Gasteiger partial charge in [-0.2, -0.15) is 13.2 Å². The van der Waals surface area contributed by atoms with Crippen LogP contribution in [0.4, 0.5) is 13.2 Å². The molecule has 1 aromatic rings. The fourth-order valence-corrected chi connectivity index (χ4v) is 1.43. The second kappa shape index (κ2) is 6.35. The average Bonchev–Trinajstić information content (AvgIpc) is 2.37. The van der Waals surface area contributed by atoms with Crippen LogP contribution in [0.3, 0.4) is 0 Å². The van der Waals surface area contributed by atoms with Gasteiger partial charge >= 0.3 is 6.18 Å². The van der Waals surface area contributed by atoms with E-state index in [9.17, 15) is 13.2 Å². The molecule has 5 nitrogen and oxygen atoms in total. The number of halogens is 3. The van der Waals surface area contributed by atoms with E-state index >= 15 is 0 Å². The predicted molar refractivity (Wildman–Crippen MR) is 65.3 cm³/mol. The van der Waals surface area contributed by atoms with Crippen LogP contribution in [0.5, 0.6) is 0 Å². The maximum atomic E-state index is 12.4. The van der Waals surface area contributed by atoms with Crippen molar-refractivity contribution < 1.29 is 13.2 Å².